The smallest absolute Gasteiger partial charge is 0.242 e. The third-order valence-corrected chi connectivity index (χ3v) is 6.67. The summed E-state index contributed by atoms with van der Waals surface area (Å²) in [6, 6.07) is 7.07. The number of nitrogens with one attached hydrogen (secondary N) is 2. The van der Waals surface area contributed by atoms with E-state index < -0.39 is 16.1 Å². The summed E-state index contributed by atoms with van der Waals surface area (Å²) in [6.07, 6.45) is 2.80. The van der Waals surface area contributed by atoms with E-state index >= 15 is 0 Å². The number of piperidine rings is 1. The molecule has 2 heterocycles. The molecule has 0 radical (unpaired) electrons. The second-order valence-electron chi connectivity index (χ2n) is 6.68. The molecule has 0 unspecified atom stereocenters. The zero-order chi connectivity index (χ0) is 18.0. The predicted octanol–water partition coefficient (Wildman–Crippen LogP) is 3.01. The van der Waals surface area contributed by atoms with Gasteiger partial charge < -0.3 is 10.3 Å². The summed E-state index contributed by atoms with van der Waals surface area (Å²) < 4.78 is 26.3. The number of amides is 1. The van der Waals surface area contributed by atoms with Gasteiger partial charge in [-0.15, -0.1) is 0 Å². The third-order valence-electron chi connectivity index (χ3n) is 4.60. The van der Waals surface area contributed by atoms with E-state index in [2.05, 4.69) is 10.3 Å². The fourth-order valence-corrected chi connectivity index (χ4v) is 5.20. The van der Waals surface area contributed by atoms with Crippen LogP contribution in [-0.4, -0.2) is 42.0 Å². The molecule has 2 aromatic rings. The molecule has 0 spiro atoms. The summed E-state index contributed by atoms with van der Waals surface area (Å²) >= 11 is 0. The van der Waals surface area contributed by atoms with Crippen LogP contribution in [0, 0.1) is 6.92 Å². The Morgan fingerprint density at radius 3 is 2.88 bits per heavy atom. The van der Waals surface area contributed by atoms with Crippen LogP contribution in [0.1, 0.15) is 38.3 Å². The first kappa shape index (κ1) is 17.9. The lowest BCUT2D eigenvalue weighted by molar-refractivity contribution is -0.120. The van der Waals surface area contributed by atoms with Crippen molar-refractivity contribution in [3.63, 3.8) is 0 Å². The summed E-state index contributed by atoms with van der Waals surface area (Å²) in [5.41, 5.74) is 2.76. The van der Waals surface area contributed by atoms with E-state index in [-0.39, 0.29) is 11.7 Å². The van der Waals surface area contributed by atoms with Gasteiger partial charge in [-0.2, -0.15) is 4.31 Å². The van der Waals surface area contributed by atoms with Crippen molar-refractivity contribution in [2.75, 3.05) is 17.6 Å². The molecule has 6 nitrogen and oxygen atoms in total. The average Bonchev–Trinajstić information content (AvgIpc) is 2.94. The minimum absolute atomic E-state index is 0.0887. The monoisotopic (exact) mass is 363 g/mol. The highest BCUT2D eigenvalue weighted by Crippen LogP contribution is 2.24. The second kappa shape index (κ2) is 7.17. The molecule has 1 aromatic heterocycles. The first-order valence-corrected chi connectivity index (χ1v) is 10.4. The van der Waals surface area contributed by atoms with Crippen LogP contribution in [0.5, 0.6) is 0 Å². The molecule has 136 valence electrons. The van der Waals surface area contributed by atoms with E-state index in [4.69, 9.17) is 0 Å². The normalized spacial score (nSPS) is 19.2. The summed E-state index contributed by atoms with van der Waals surface area (Å²) in [4.78, 5) is 16.0. The van der Waals surface area contributed by atoms with Gasteiger partial charge in [0, 0.05) is 28.8 Å². The molecular weight excluding hydrogens is 338 g/mol. The summed E-state index contributed by atoms with van der Waals surface area (Å²) in [7, 11) is -3.38. The highest BCUT2D eigenvalue weighted by molar-refractivity contribution is 7.89. The second-order valence-corrected chi connectivity index (χ2v) is 8.72. The Balaban J connectivity index is 1.79. The maximum Gasteiger partial charge on any atom is 0.242 e. The SMILES string of the molecule is CCCS(=O)(=O)N1CCCC[C@@H]1C(=O)Nc1ccc2[nH]c(C)cc2c1. The molecule has 1 saturated heterocycles. The van der Waals surface area contributed by atoms with Crippen LogP contribution in [0.3, 0.4) is 0 Å². The number of anilines is 1. The number of fused-ring (bicyclic) bond motifs is 1. The number of aromatic amines is 1. The van der Waals surface area contributed by atoms with Gasteiger partial charge in [-0.25, -0.2) is 8.42 Å². The Labute approximate surface area is 148 Å². The molecule has 0 saturated carbocycles. The number of hydrogen-bond donors (Lipinski definition) is 2. The lowest BCUT2D eigenvalue weighted by Gasteiger charge is -2.33. The molecule has 1 amide bonds. The molecule has 0 aliphatic carbocycles. The molecule has 1 aliphatic heterocycles. The van der Waals surface area contributed by atoms with Crippen LogP contribution in [-0.2, 0) is 14.8 Å². The van der Waals surface area contributed by atoms with Crippen molar-refractivity contribution in [1.82, 2.24) is 9.29 Å². The molecule has 1 fully saturated rings. The first-order chi connectivity index (χ1) is 11.9. The fourth-order valence-electron chi connectivity index (χ4n) is 3.46. The molecule has 1 atom stereocenters. The van der Waals surface area contributed by atoms with Crippen molar-refractivity contribution in [1.29, 1.82) is 0 Å². The number of carbonyl (C=O) groups excluding carboxylic acids is 1. The Hall–Kier alpha value is -1.86. The van der Waals surface area contributed by atoms with E-state index in [0.29, 0.717) is 25.1 Å². The van der Waals surface area contributed by atoms with Gasteiger partial charge in [-0.05, 0) is 50.5 Å². The number of benzene rings is 1. The largest absolute Gasteiger partial charge is 0.359 e. The fraction of sp³-hybridized carbons (Fsp3) is 0.500. The van der Waals surface area contributed by atoms with Crippen LogP contribution in [0.2, 0.25) is 0 Å². The highest BCUT2D eigenvalue weighted by Gasteiger charge is 2.36. The van der Waals surface area contributed by atoms with Crippen molar-refractivity contribution in [3.8, 4) is 0 Å². The van der Waals surface area contributed by atoms with Gasteiger partial charge in [0.2, 0.25) is 15.9 Å². The van der Waals surface area contributed by atoms with Gasteiger partial charge in [-0.3, -0.25) is 4.79 Å². The Morgan fingerprint density at radius 1 is 1.32 bits per heavy atom. The van der Waals surface area contributed by atoms with Crippen LogP contribution in [0.25, 0.3) is 10.9 Å². The summed E-state index contributed by atoms with van der Waals surface area (Å²) in [5.74, 6) is -0.156. The van der Waals surface area contributed by atoms with Gasteiger partial charge in [0.1, 0.15) is 6.04 Å². The van der Waals surface area contributed by atoms with Crippen molar-refractivity contribution >= 4 is 32.5 Å². The van der Waals surface area contributed by atoms with E-state index in [1.54, 1.807) is 0 Å². The Kier molecular flexibility index (Phi) is 5.15. The molecular formula is C18H25N3O3S. The molecule has 3 rings (SSSR count). The van der Waals surface area contributed by atoms with Crippen molar-refractivity contribution in [2.45, 2.75) is 45.6 Å². The quantitative estimate of drug-likeness (QED) is 0.857. The first-order valence-electron chi connectivity index (χ1n) is 8.80. The number of aryl methyl sites for hydroxylation is 1. The molecule has 1 aliphatic rings. The molecule has 0 bridgehead atoms. The van der Waals surface area contributed by atoms with Crippen molar-refractivity contribution < 1.29 is 13.2 Å². The number of rotatable bonds is 5. The van der Waals surface area contributed by atoms with Gasteiger partial charge in [0.05, 0.1) is 5.75 Å². The molecule has 7 heteroatoms. The lowest BCUT2D eigenvalue weighted by atomic mass is 10.0. The number of aromatic nitrogens is 1. The van der Waals surface area contributed by atoms with E-state index in [0.717, 1.165) is 29.4 Å². The number of hydrogen-bond acceptors (Lipinski definition) is 3. The predicted molar refractivity (Wildman–Crippen MR) is 100 cm³/mol. The number of sulfonamides is 1. The number of carbonyl (C=O) groups is 1. The zero-order valence-corrected chi connectivity index (χ0v) is 15.5. The summed E-state index contributed by atoms with van der Waals surface area (Å²) in [5, 5.41) is 3.92. The third kappa shape index (κ3) is 3.88. The van der Waals surface area contributed by atoms with E-state index in [9.17, 15) is 13.2 Å². The van der Waals surface area contributed by atoms with E-state index in [1.165, 1.54) is 4.31 Å². The van der Waals surface area contributed by atoms with Crippen LogP contribution in [0.15, 0.2) is 24.3 Å². The zero-order valence-electron chi connectivity index (χ0n) is 14.7. The minimum Gasteiger partial charge on any atom is -0.359 e. The Morgan fingerprint density at radius 2 is 2.12 bits per heavy atom. The van der Waals surface area contributed by atoms with Gasteiger partial charge in [0.25, 0.3) is 0 Å². The number of H-pyrrole nitrogens is 1. The van der Waals surface area contributed by atoms with Gasteiger partial charge in [0.15, 0.2) is 0 Å². The average molecular weight is 363 g/mol. The minimum atomic E-state index is -3.38. The maximum absolute atomic E-state index is 12.7. The van der Waals surface area contributed by atoms with Crippen molar-refractivity contribution in [2.24, 2.45) is 0 Å². The highest BCUT2D eigenvalue weighted by atomic mass is 32.2. The standard InChI is InChI=1S/C18H25N3O3S/c1-3-10-25(23,24)21-9-5-4-6-17(21)18(22)20-15-7-8-16-14(12-15)11-13(2)19-16/h7-8,11-12,17,19H,3-6,9-10H2,1-2H3,(H,20,22)/t17-/m1/s1. The molecule has 25 heavy (non-hydrogen) atoms. The van der Waals surface area contributed by atoms with Crippen LogP contribution >= 0.6 is 0 Å². The molecule has 1 aromatic carbocycles. The van der Waals surface area contributed by atoms with Crippen LogP contribution < -0.4 is 5.32 Å². The number of nitrogens with zero attached hydrogens (tertiary/aromatic N) is 1. The van der Waals surface area contributed by atoms with Gasteiger partial charge >= 0.3 is 0 Å². The van der Waals surface area contributed by atoms with Crippen LogP contribution in [0.4, 0.5) is 5.69 Å². The lowest BCUT2D eigenvalue weighted by Crippen LogP contribution is -2.50. The topological polar surface area (TPSA) is 82.3 Å². The Bertz CT molecular complexity index is 873. The maximum atomic E-state index is 12.7. The molecule has 2 N–H and O–H groups in total. The van der Waals surface area contributed by atoms with Gasteiger partial charge in [-0.1, -0.05) is 13.3 Å². The summed E-state index contributed by atoms with van der Waals surface area (Å²) in [6.45, 7) is 4.25. The van der Waals surface area contributed by atoms with Crippen molar-refractivity contribution in [3.05, 3.63) is 30.0 Å². The van der Waals surface area contributed by atoms with E-state index in [1.807, 2.05) is 38.1 Å².